The fourth-order valence-corrected chi connectivity index (χ4v) is 4.13. The molecule has 1 saturated heterocycles. The number of likely N-dealkylation sites (tertiary alicyclic amines) is 1. The Labute approximate surface area is 168 Å². The van der Waals surface area contributed by atoms with Crippen LogP contribution in [0.25, 0.3) is 0 Å². The highest BCUT2D eigenvalue weighted by Crippen LogP contribution is 2.24. The number of hydrogen-bond acceptors (Lipinski definition) is 3. The van der Waals surface area contributed by atoms with Crippen molar-refractivity contribution in [2.45, 2.75) is 45.1 Å². The third-order valence-electron chi connectivity index (χ3n) is 5.14. The summed E-state index contributed by atoms with van der Waals surface area (Å²) in [6.45, 7) is 5.22. The second kappa shape index (κ2) is 8.74. The van der Waals surface area contributed by atoms with Gasteiger partial charge in [-0.2, -0.15) is 0 Å². The smallest absolute Gasteiger partial charge is 0.287 e. The molecule has 0 saturated carbocycles. The number of amides is 2. The number of aryl methyl sites for hydroxylation is 1. The van der Waals surface area contributed by atoms with Crippen LogP contribution in [0.4, 0.5) is 0 Å². The van der Waals surface area contributed by atoms with Crippen molar-refractivity contribution in [2.24, 2.45) is 0 Å². The van der Waals surface area contributed by atoms with Gasteiger partial charge >= 0.3 is 0 Å². The van der Waals surface area contributed by atoms with Crippen LogP contribution in [0.15, 0.2) is 45.5 Å². The summed E-state index contributed by atoms with van der Waals surface area (Å²) in [7, 11) is 0. The molecule has 6 heteroatoms. The predicted molar refractivity (Wildman–Crippen MR) is 108 cm³/mol. The lowest BCUT2D eigenvalue weighted by atomic mass is 9.93. The predicted octanol–water partition coefficient (Wildman–Crippen LogP) is 4.27. The van der Waals surface area contributed by atoms with Gasteiger partial charge < -0.3 is 14.6 Å². The zero-order valence-corrected chi connectivity index (χ0v) is 17.3. The first kappa shape index (κ1) is 19.7. The average Bonchev–Trinajstić information content (AvgIpc) is 3.02. The fraction of sp³-hybridized carbons (Fsp3) is 0.429. The van der Waals surface area contributed by atoms with Gasteiger partial charge in [-0.05, 0) is 53.7 Å². The minimum Gasteiger partial charge on any atom is -0.444 e. The number of piperidine rings is 1. The highest BCUT2D eigenvalue weighted by atomic mass is 79.9. The van der Waals surface area contributed by atoms with Gasteiger partial charge in [-0.25, -0.2) is 0 Å². The average molecular weight is 433 g/mol. The number of nitrogens with zero attached hydrogens (tertiary/aromatic N) is 1. The van der Waals surface area contributed by atoms with Gasteiger partial charge in [0.25, 0.3) is 5.91 Å². The number of furan rings is 1. The van der Waals surface area contributed by atoms with E-state index in [4.69, 9.17) is 4.42 Å². The molecule has 1 unspecified atom stereocenters. The molecule has 0 aliphatic carbocycles. The molecule has 5 nitrogen and oxygen atoms in total. The lowest BCUT2D eigenvalue weighted by molar-refractivity contribution is -0.134. The molecule has 27 heavy (non-hydrogen) atoms. The summed E-state index contributed by atoms with van der Waals surface area (Å²) in [6, 6.07) is 11.8. The van der Waals surface area contributed by atoms with E-state index in [2.05, 4.69) is 21.2 Å². The molecule has 2 heterocycles. The molecule has 1 aromatic heterocycles. The molecule has 0 bridgehead atoms. The normalized spacial score (nSPS) is 16.2. The lowest BCUT2D eigenvalue weighted by Gasteiger charge is -2.34. The molecule has 144 valence electrons. The Morgan fingerprint density at radius 1 is 1.26 bits per heavy atom. The molecule has 1 aliphatic heterocycles. The Hall–Kier alpha value is -2.08. The quantitative estimate of drug-likeness (QED) is 0.767. The van der Waals surface area contributed by atoms with E-state index < -0.39 is 0 Å². The van der Waals surface area contributed by atoms with Crippen LogP contribution in [0.5, 0.6) is 0 Å². The number of rotatable bonds is 5. The van der Waals surface area contributed by atoms with Crippen molar-refractivity contribution in [3.63, 3.8) is 0 Å². The molecular formula is C21H25BrN2O3. The van der Waals surface area contributed by atoms with Crippen molar-refractivity contribution in [1.29, 1.82) is 0 Å². The third-order valence-corrected chi connectivity index (χ3v) is 5.53. The summed E-state index contributed by atoms with van der Waals surface area (Å²) in [5, 5.41) is 3.03. The number of halogens is 1. The molecule has 1 atom stereocenters. The molecule has 2 amide bonds. The van der Waals surface area contributed by atoms with Crippen molar-refractivity contribution < 1.29 is 14.0 Å². The van der Waals surface area contributed by atoms with Gasteiger partial charge in [-0.15, -0.1) is 0 Å². The molecule has 0 spiro atoms. The molecule has 1 fully saturated rings. The van der Waals surface area contributed by atoms with Gasteiger partial charge in [-0.1, -0.05) is 37.3 Å². The molecule has 1 N–H and O–H groups in total. The van der Waals surface area contributed by atoms with E-state index in [1.807, 2.05) is 49.1 Å². The Bertz CT molecular complexity index is 795. The summed E-state index contributed by atoms with van der Waals surface area (Å²) in [6.07, 6.45) is 2.29. The van der Waals surface area contributed by atoms with E-state index in [1.54, 1.807) is 6.07 Å². The van der Waals surface area contributed by atoms with Crippen molar-refractivity contribution in [3.8, 4) is 0 Å². The number of carbonyl (C=O) groups is 2. The Morgan fingerprint density at radius 3 is 2.48 bits per heavy atom. The van der Waals surface area contributed by atoms with E-state index in [9.17, 15) is 9.59 Å². The number of nitrogens with one attached hydrogen (secondary N) is 1. The highest BCUT2D eigenvalue weighted by Gasteiger charge is 2.29. The maximum absolute atomic E-state index is 12.9. The van der Waals surface area contributed by atoms with Crippen LogP contribution in [0, 0.1) is 6.92 Å². The van der Waals surface area contributed by atoms with Crippen LogP contribution < -0.4 is 5.32 Å². The minimum atomic E-state index is -0.196. The van der Waals surface area contributed by atoms with Gasteiger partial charge in [0.1, 0.15) is 0 Å². The first-order valence-corrected chi connectivity index (χ1v) is 10.2. The first-order valence-electron chi connectivity index (χ1n) is 9.40. The van der Waals surface area contributed by atoms with Crippen LogP contribution >= 0.6 is 15.9 Å². The first-order chi connectivity index (χ1) is 13.0. The van der Waals surface area contributed by atoms with Crippen molar-refractivity contribution in [1.82, 2.24) is 10.2 Å². The minimum absolute atomic E-state index is 0.0571. The fourth-order valence-electron chi connectivity index (χ4n) is 3.62. The maximum atomic E-state index is 12.9. The van der Waals surface area contributed by atoms with Gasteiger partial charge in [0.2, 0.25) is 5.91 Å². The van der Waals surface area contributed by atoms with Crippen LogP contribution in [0.2, 0.25) is 0 Å². The maximum Gasteiger partial charge on any atom is 0.287 e. The monoisotopic (exact) mass is 432 g/mol. The van der Waals surface area contributed by atoms with Gasteiger partial charge in [0.05, 0.1) is 5.92 Å². The largest absolute Gasteiger partial charge is 0.444 e. The topological polar surface area (TPSA) is 62.6 Å². The Morgan fingerprint density at radius 2 is 1.93 bits per heavy atom. The summed E-state index contributed by atoms with van der Waals surface area (Å²) in [5.74, 6) is 0.231. The van der Waals surface area contributed by atoms with Crippen LogP contribution in [0.1, 0.15) is 53.8 Å². The van der Waals surface area contributed by atoms with Crippen molar-refractivity contribution >= 4 is 27.7 Å². The SMILES string of the molecule is CCC(C(=O)N1CCC(NC(=O)c2oc(Br)cc2C)CC1)c1ccccc1. The molecule has 0 radical (unpaired) electrons. The van der Waals surface area contributed by atoms with Gasteiger partial charge in [0.15, 0.2) is 10.4 Å². The van der Waals surface area contributed by atoms with E-state index >= 15 is 0 Å². The zero-order chi connectivity index (χ0) is 19.4. The van der Waals surface area contributed by atoms with Gasteiger partial charge in [0, 0.05) is 24.7 Å². The second-order valence-corrected chi connectivity index (χ2v) is 7.79. The van der Waals surface area contributed by atoms with Crippen molar-refractivity contribution in [2.75, 3.05) is 13.1 Å². The van der Waals surface area contributed by atoms with Crippen LogP contribution in [0.3, 0.4) is 0 Å². The number of hydrogen-bond donors (Lipinski definition) is 1. The molecule has 1 aliphatic rings. The summed E-state index contributed by atoms with van der Waals surface area (Å²) in [4.78, 5) is 27.3. The van der Waals surface area contributed by atoms with Crippen LogP contribution in [-0.2, 0) is 4.79 Å². The lowest BCUT2D eigenvalue weighted by Crippen LogP contribution is -2.47. The third kappa shape index (κ3) is 4.61. The molecular weight excluding hydrogens is 408 g/mol. The summed E-state index contributed by atoms with van der Waals surface area (Å²) in [5.41, 5.74) is 1.87. The van der Waals surface area contributed by atoms with E-state index in [0.717, 1.165) is 30.4 Å². The van der Waals surface area contributed by atoms with Crippen molar-refractivity contribution in [3.05, 3.63) is 58.0 Å². The standard InChI is InChI=1S/C21H25BrN2O3/c1-3-17(15-7-5-4-6-8-15)21(26)24-11-9-16(10-12-24)23-20(25)19-14(2)13-18(22)27-19/h4-8,13,16-17H,3,9-12H2,1-2H3,(H,23,25). The van der Waals surface area contributed by atoms with E-state index in [1.165, 1.54) is 0 Å². The van der Waals surface area contributed by atoms with Gasteiger partial charge in [-0.3, -0.25) is 9.59 Å². The Kier molecular flexibility index (Phi) is 6.37. The molecule has 2 aromatic rings. The zero-order valence-electron chi connectivity index (χ0n) is 15.7. The highest BCUT2D eigenvalue weighted by molar-refractivity contribution is 9.10. The molecule has 3 rings (SSSR count). The van der Waals surface area contributed by atoms with E-state index in [-0.39, 0.29) is 23.8 Å². The summed E-state index contributed by atoms with van der Waals surface area (Å²) >= 11 is 3.25. The Balaban J connectivity index is 1.56. The number of benzene rings is 1. The van der Waals surface area contributed by atoms with E-state index in [0.29, 0.717) is 23.5 Å². The molecule has 1 aromatic carbocycles. The van der Waals surface area contributed by atoms with Crippen LogP contribution in [-0.4, -0.2) is 35.8 Å². The second-order valence-electron chi connectivity index (χ2n) is 7.01. The number of carbonyl (C=O) groups excluding carboxylic acids is 2. The summed E-state index contributed by atoms with van der Waals surface area (Å²) < 4.78 is 5.96.